The van der Waals surface area contributed by atoms with Crippen molar-refractivity contribution in [1.29, 1.82) is 0 Å². The topological polar surface area (TPSA) is 29.1 Å². The van der Waals surface area contributed by atoms with Crippen LogP contribution < -0.4 is 5.32 Å². The predicted molar refractivity (Wildman–Crippen MR) is 94.3 cm³/mol. The molecule has 0 radical (unpaired) electrons. The third-order valence-electron chi connectivity index (χ3n) is 3.47. The van der Waals surface area contributed by atoms with Crippen LogP contribution in [0, 0.1) is 0 Å². The molecule has 0 unspecified atom stereocenters. The van der Waals surface area contributed by atoms with Crippen LogP contribution in [-0.4, -0.2) is 11.2 Å². The summed E-state index contributed by atoms with van der Waals surface area (Å²) in [6.45, 7) is 1.93. The molecule has 0 spiro atoms. The van der Waals surface area contributed by atoms with Crippen LogP contribution in [0.3, 0.4) is 0 Å². The van der Waals surface area contributed by atoms with Crippen LogP contribution in [0.4, 0.5) is 5.69 Å². The van der Waals surface area contributed by atoms with Crippen molar-refractivity contribution in [3.05, 3.63) is 72.8 Å². The quantitative estimate of drug-likeness (QED) is 0.690. The summed E-state index contributed by atoms with van der Waals surface area (Å²) in [4.78, 5) is 13.5. The van der Waals surface area contributed by atoms with E-state index in [4.69, 9.17) is 0 Å². The number of nitrogens with one attached hydrogen (secondary N) is 1. The second-order valence-electron chi connectivity index (χ2n) is 5.09. The van der Waals surface area contributed by atoms with E-state index in [1.165, 1.54) is 0 Å². The van der Waals surface area contributed by atoms with Crippen molar-refractivity contribution in [3.8, 4) is 0 Å². The van der Waals surface area contributed by atoms with E-state index < -0.39 is 0 Å². The highest BCUT2D eigenvalue weighted by molar-refractivity contribution is 8.00. The zero-order chi connectivity index (χ0) is 15.4. The van der Waals surface area contributed by atoms with Gasteiger partial charge in [-0.25, -0.2) is 0 Å². The molecule has 110 valence electrons. The fourth-order valence-electron chi connectivity index (χ4n) is 2.33. The number of amides is 1. The zero-order valence-electron chi connectivity index (χ0n) is 12.3. The summed E-state index contributed by atoms with van der Waals surface area (Å²) in [6, 6.07) is 24.0. The lowest BCUT2D eigenvalue weighted by Crippen LogP contribution is -2.22. The Morgan fingerprint density at radius 2 is 1.59 bits per heavy atom. The van der Waals surface area contributed by atoms with Crippen molar-refractivity contribution >= 4 is 34.1 Å². The molecule has 0 aliphatic carbocycles. The van der Waals surface area contributed by atoms with Gasteiger partial charge in [-0.05, 0) is 30.5 Å². The summed E-state index contributed by atoms with van der Waals surface area (Å²) in [5, 5.41) is 5.09. The Morgan fingerprint density at radius 1 is 0.909 bits per heavy atom. The average molecular weight is 307 g/mol. The van der Waals surface area contributed by atoms with Crippen LogP contribution in [0.2, 0.25) is 0 Å². The normalized spacial score (nSPS) is 12.0. The van der Waals surface area contributed by atoms with Gasteiger partial charge in [-0.1, -0.05) is 54.6 Å². The molecule has 0 fully saturated rings. The first-order valence-electron chi connectivity index (χ1n) is 7.24. The molecule has 0 aliphatic heterocycles. The zero-order valence-corrected chi connectivity index (χ0v) is 13.1. The van der Waals surface area contributed by atoms with Gasteiger partial charge in [0.15, 0.2) is 0 Å². The van der Waals surface area contributed by atoms with Crippen LogP contribution in [-0.2, 0) is 4.79 Å². The van der Waals surface area contributed by atoms with Gasteiger partial charge in [0.1, 0.15) is 0 Å². The summed E-state index contributed by atoms with van der Waals surface area (Å²) in [5.41, 5.74) is 0.864. The molecule has 0 saturated heterocycles. The van der Waals surface area contributed by atoms with Crippen molar-refractivity contribution in [1.82, 2.24) is 0 Å². The number of hydrogen-bond donors (Lipinski definition) is 1. The van der Waals surface area contributed by atoms with Crippen molar-refractivity contribution in [2.45, 2.75) is 17.1 Å². The highest BCUT2D eigenvalue weighted by atomic mass is 32.2. The maximum Gasteiger partial charge on any atom is 0.237 e. The second-order valence-corrected chi connectivity index (χ2v) is 6.50. The molecule has 2 nitrogen and oxygen atoms in total. The fourth-order valence-corrected chi connectivity index (χ4v) is 3.21. The number of anilines is 1. The molecule has 3 aromatic carbocycles. The van der Waals surface area contributed by atoms with Crippen molar-refractivity contribution in [3.63, 3.8) is 0 Å². The van der Waals surface area contributed by atoms with Gasteiger partial charge >= 0.3 is 0 Å². The summed E-state index contributed by atoms with van der Waals surface area (Å²) in [5.74, 6) is 0.0187. The summed E-state index contributed by atoms with van der Waals surface area (Å²) < 4.78 is 0. The van der Waals surface area contributed by atoms with Crippen LogP contribution in [0.25, 0.3) is 10.8 Å². The van der Waals surface area contributed by atoms with Gasteiger partial charge in [0.05, 0.1) is 5.25 Å². The van der Waals surface area contributed by atoms with E-state index in [-0.39, 0.29) is 11.2 Å². The molecule has 3 heteroatoms. The number of thioether (sulfide) groups is 1. The average Bonchev–Trinajstić information content (AvgIpc) is 2.56. The molecule has 3 rings (SSSR count). The molecular weight excluding hydrogens is 290 g/mol. The number of rotatable bonds is 4. The molecule has 0 heterocycles. The Labute approximate surface area is 134 Å². The first-order valence-corrected chi connectivity index (χ1v) is 8.12. The van der Waals surface area contributed by atoms with E-state index in [0.29, 0.717) is 0 Å². The number of carbonyl (C=O) groups is 1. The first-order chi connectivity index (χ1) is 10.7. The van der Waals surface area contributed by atoms with Crippen molar-refractivity contribution < 1.29 is 4.79 Å². The molecule has 22 heavy (non-hydrogen) atoms. The highest BCUT2D eigenvalue weighted by Gasteiger charge is 2.15. The van der Waals surface area contributed by atoms with Gasteiger partial charge in [-0.2, -0.15) is 0 Å². The Morgan fingerprint density at radius 3 is 2.41 bits per heavy atom. The molecule has 3 aromatic rings. The molecule has 0 aliphatic rings. The number of hydrogen-bond acceptors (Lipinski definition) is 2. The van der Waals surface area contributed by atoms with E-state index in [0.717, 1.165) is 21.4 Å². The van der Waals surface area contributed by atoms with Gasteiger partial charge in [0.2, 0.25) is 5.91 Å². The summed E-state index contributed by atoms with van der Waals surface area (Å²) in [6.07, 6.45) is 0. The Hall–Kier alpha value is -2.26. The van der Waals surface area contributed by atoms with Gasteiger partial charge in [0.25, 0.3) is 0 Å². The van der Waals surface area contributed by atoms with Crippen LogP contribution in [0.15, 0.2) is 77.7 Å². The molecule has 0 bridgehead atoms. The van der Waals surface area contributed by atoms with E-state index >= 15 is 0 Å². The van der Waals surface area contributed by atoms with Crippen LogP contribution in [0.5, 0.6) is 0 Å². The van der Waals surface area contributed by atoms with E-state index in [9.17, 15) is 4.79 Å². The second kappa shape index (κ2) is 6.67. The third kappa shape index (κ3) is 3.31. The van der Waals surface area contributed by atoms with Gasteiger partial charge in [-0.3, -0.25) is 4.79 Å². The molecule has 0 aromatic heterocycles. The minimum absolute atomic E-state index is 0.0187. The minimum atomic E-state index is -0.152. The predicted octanol–water partition coefficient (Wildman–Crippen LogP) is 4.96. The van der Waals surface area contributed by atoms with Gasteiger partial charge in [-0.15, -0.1) is 11.8 Å². The summed E-state index contributed by atoms with van der Waals surface area (Å²) in [7, 11) is 0. The molecule has 1 amide bonds. The molecule has 1 atom stereocenters. The van der Waals surface area contributed by atoms with E-state index in [1.807, 2.05) is 79.7 Å². The van der Waals surface area contributed by atoms with Crippen molar-refractivity contribution in [2.75, 3.05) is 5.32 Å². The third-order valence-corrected chi connectivity index (χ3v) is 4.58. The maximum atomic E-state index is 12.4. The standard InChI is InChI=1S/C19H17NOS/c1-14(22-16-10-3-2-4-11-16)19(21)20-18-13-7-9-15-8-5-6-12-17(15)18/h2-14H,1H3,(H,20,21)/t14-/m1/s1. The monoisotopic (exact) mass is 307 g/mol. The number of fused-ring (bicyclic) bond motifs is 1. The lowest BCUT2D eigenvalue weighted by Gasteiger charge is -2.13. The van der Waals surface area contributed by atoms with Gasteiger partial charge in [0, 0.05) is 16.0 Å². The van der Waals surface area contributed by atoms with Crippen molar-refractivity contribution in [2.24, 2.45) is 0 Å². The summed E-state index contributed by atoms with van der Waals surface area (Å²) >= 11 is 1.56. The van der Waals surface area contributed by atoms with Crippen LogP contribution >= 0.6 is 11.8 Å². The van der Waals surface area contributed by atoms with E-state index in [1.54, 1.807) is 11.8 Å². The molecule has 0 saturated carbocycles. The lowest BCUT2D eigenvalue weighted by atomic mass is 10.1. The largest absolute Gasteiger partial charge is 0.325 e. The number of benzene rings is 3. The fraction of sp³-hybridized carbons (Fsp3) is 0.105. The first kappa shape index (κ1) is 14.7. The Bertz CT molecular complexity index is 780. The lowest BCUT2D eigenvalue weighted by molar-refractivity contribution is -0.115. The molecule has 1 N–H and O–H groups in total. The number of carbonyl (C=O) groups excluding carboxylic acids is 1. The van der Waals surface area contributed by atoms with E-state index in [2.05, 4.69) is 5.32 Å². The Balaban J connectivity index is 1.75. The highest BCUT2D eigenvalue weighted by Crippen LogP contribution is 2.26. The molecular formula is C19H17NOS. The maximum absolute atomic E-state index is 12.4. The SMILES string of the molecule is C[C@@H](Sc1ccccc1)C(=O)Nc1cccc2ccccc12. The van der Waals surface area contributed by atoms with Gasteiger partial charge < -0.3 is 5.32 Å². The minimum Gasteiger partial charge on any atom is -0.325 e. The smallest absolute Gasteiger partial charge is 0.237 e. The van der Waals surface area contributed by atoms with Crippen LogP contribution in [0.1, 0.15) is 6.92 Å². The Kier molecular flexibility index (Phi) is 4.45.